The Morgan fingerprint density at radius 3 is 2.64 bits per heavy atom. The van der Waals surface area contributed by atoms with E-state index in [0.29, 0.717) is 11.4 Å². The van der Waals surface area contributed by atoms with Crippen molar-refractivity contribution in [3.05, 3.63) is 90.8 Å². The summed E-state index contributed by atoms with van der Waals surface area (Å²) >= 11 is 1.60. The highest BCUT2D eigenvalue weighted by Crippen LogP contribution is 2.46. The van der Waals surface area contributed by atoms with Crippen LogP contribution in [-0.2, 0) is 0 Å². The number of aromatic nitrogens is 2. The van der Waals surface area contributed by atoms with Gasteiger partial charge in [-0.1, -0.05) is 42.5 Å². The lowest BCUT2D eigenvalue weighted by Gasteiger charge is -2.28. The molecular formula is C19H13N3O2S. The fourth-order valence-corrected chi connectivity index (χ4v) is 4.42. The number of hydrogen-bond donors (Lipinski definition) is 3. The summed E-state index contributed by atoms with van der Waals surface area (Å²) in [6.45, 7) is 0. The molecular weight excluding hydrogens is 334 g/mol. The average molecular weight is 347 g/mol. The molecule has 0 bridgehead atoms. The minimum absolute atomic E-state index is 0.212. The molecule has 1 atom stereocenters. The van der Waals surface area contributed by atoms with Crippen LogP contribution in [0.25, 0.3) is 10.8 Å². The number of thiophene rings is 1. The van der Waals surface area contributed by atoms with E-state index in [-0.39, 0.29) is 11.5 Å². The quantitative estimate of drug-likeness (QED) is 0.434. The Labute approximate surface area is 146 Å². The first kappa shape index (κ1) is 14.2. The maximum Gasteiger partial charge on any atom is 0.327 e. The Hall–Kier alpha value is -3.12. The van der Waals surface area contributed by atoms with Crippen molar-refractivity contribution in [3.63, 3.8) is 0 Å². The van der Waals surface area contributed by atoms with Crippen LogP contribution in [0.3, 0.4) is 0 Å². The van der Waals surface area contributed by atoms with Crippen molar-refractivity contribution >= 4 is 33.6 Å². The third-order valence-electron chi connectivity index (χ3n) is 4.62. The normalized spacial score (nSPS) is 15.4. The van der Waals surface area contributed by atoms with Crippen LogP contribution in [0.15, 0.2) is 63.5 Å². The van der Waals surface area contributed by atoms with Gasteiger partial charge < -0.3 is 5.32 Å². The maximum absolute atomic E-state index is 12.6. The van der Waals surface area contributed by atoms with Gasteiger partial charge in [0.2, 0.25) is 0 Å². The maximum atomic E-state index is 12.6. The van der Waals surface area contributed by atoms with Crippen molar-refractivity contribution in [2.45, 2.75) is 5.92 Å². The molecule has 5 nitrogen and oxygen atoms in total. The summed E-state index contributed by atoms with van der Waals surface area (Å²) in [7, 11) is 0. The Balaban J connectivity index is 1.90. The Kier molecular flexibility index (Phi) is 2.96. The van der Waals surface area contributed by atoms with E-state index in [0.717, 1.165) is 26.9 Å². The monoisotopic (exact) mass is 347 g/mol. The molecule has 1 aliphatic rings. The van der Waals surface area contributed by atoms with Crippen molar-refractivity contribution in [1.82, 2.24) is 9.97 Å². The number of anilines is 2. The molecule has 2 aromatic carbocycles. The number of fused-ring (bicyclic) bond motifs is 4. The largest absolute Gasteiger partial charge is 0.341 e. The van der Waals surface area contributed by atoms with Crippen LogP contribution in [-0.4, -0.2) is 9.97 Å². The Morgan fingerprint density at radius 2 is 1.80 bits per heavy atom. The molecule has 0 spiro atoms. The number of aromatic amines is 2. The smallest absolute Gasteiger partial charge is 0.327 e. The van der Waals surface area contributed by atoms with Crippen molar-refractivity contribution in [1.29, 1.82) is 0 Å². The van der Waals surface area contributed by atoms with Gasteiger partial charge in [-0.2, -0.15) is 0 Å². The van der Waals surface area contributed by atoms with E-state index in [1.54, 1.807) is 11.3 Å². The predicted octanol–water partition coefficient (Wildman–Crippen LogP) is 3.52. The molecule has 122 valence electrons. The van der Waals surface area contributed by atoms with Crippen molar-refractivity contribution in [2.24, 2.45) is 0 Å². The van der Waals surface area contributed by atoms with Gasteiger partial charge in [-0.3, -0.25) is 14.8 Å². The van der Waals surface area contributed by atoms with Gasteiger partial charge in [0.05, 0.1) is 17.2 Å². The molecule has 3 N–H and O–H groups in total. The lowest BCUT2D eigenvalue weighted by molar-refractivity contribution is 0.902. The number of hydrogen-bond acceptors (Lipinski definition) is 4. The molecule has 1 unspecified atom stereocenters. The van der Waals surface area contributed by atoms with Crippen LogP contribution in [0.5, 0.6) is 0 Å². The summed E-state index contributed by atoms with van der Waals surface area (Å²) in [5.41, 5.74) is 1.65. The van der Waals surface area contributed by atoms with Crippen molar-refractivity contribution in [3.8, 4) is 0 Å². The van der Waals surface area contributed by atoms with Gasteiger partial charge in [-0.25, -0.2) is 4.79 Å². The molecule has 3 heterocycles. The third-order valence-corrected chi connectivity index (χ3v) is 5.56. The fourth-order valence-electron chi connectivity index (χ4n) is 3.57. The summed E-state index contributed by atoms with van der Waals surface area (Å²) in [6.07, 6.45) is 0. The molecule has 25 heavy (non-hydrogen) atoms. The number of nitrogens with one attached hydrogen (secondary N) is 3. The van der Waals surface area contributed by atoms with Gasteiger partial charge in [0.25, 0.3) is 5.56 Å². The number of H-pyrrole nitrogens is 2. The summed E-state index contributed by atoms with van der Waals surface area (Å²) in [5, 5.41) is 7.45. The van der Waals surface area contributed by atoms with Crippen molar-refractivity contribution in [2.75, 3.05) is 5.32 Å². The van der Waals surface area contributed by atoms with E-state index >= 15 is 0 Å². The topological polar surface area (TPSA) is 77.8 Å². The van der Waals surface area contributed by atoms with E-state index in [9.17, 15) is 9.59 Å². The van der Waals surface area contributed by atoms with Crippen LogP contribution in [0, 0.1) is 0 Å². The third kappa shape index (κ3) is 2.08. The lowest BCUT2D eigenvalue weighted by Crippen LogP contribution is -2.31. The van der Waals surface area contributed by atoms with E-state index in [4.69, 9.17) is 0 Å². The van der Waals surface area contributed by atoms with E-state index in [1.807, 2.05) is 41.8 Å². The molecule has 0 saturated carbocycles. The van der Waals surface area contributed by atoms with Gasteiger partial charge >= 0.3 is 5.69 Å². The Bertz CT molecular complexity index is 1220. The molecule has 6 heteroatoms. The van der Waals surface area contributed by atoms with E-state index < -0.39 is 5.69 Å². The fraction of sp³-hybridized carbons (Fsp3) is 0.0526. The highest BCUT2D eigenvalue weighted by Gasteiger charge is 2.32. The lowest BCUT2D eigenvalue weighted by atomic mass is 9.85. The van der Waals surface area contributed by atoms with Crippen LogP contribution in [0.4, 0.5) is 11.5 Å². The summed E-state index contributed by atoms with van der Waals surface area (Å²) in [4.78, 5) is 30.5. The zero-order valence-electron chi connectivity index (χ0n) is 13.0. The SMILES string of the molecule is O=c1[nH]c2c(c(=O)[nH]1)C(c1cccs1)c1ccc3ccccc3c1N2. The van der Waals surface area contributed by atoms with Crippen LogP contribution < -0.4 is 16.6 Å². The second kappa shape index (κ2) is 5.19. The molecule has 0 radical (unpaired) electrons. The van der Waals surface area contributed by atoms with Crippen LogP contribution in [0.2, 0.25) is 0 Å². The van der Waals surface area contributed by atoms with Crippen molar-refractivity contribution < 1.29 is 0 Å². The molecule has 2 aromatic heterocycles. The Morgan fingerprint density at radius 1 is 0.920 bits per heavy atom. The molecule has 0 saturated heterocycles. The first-order valence-electron chi connectivity index (χ1n) is 7.91. The van der Waals surface area contributed by atoms with Gasteiger partial charge in [-0.05, 0) is 22.4 Å². The molecule has 1 aliphatic heterocycles. The van der Waals surface area contributed by atoms with E-state index in [1.165, 1.54) is 0 Å². The predicted molar refractivity (Wildman–Crippen MR) is 100 cm³/mol. The standard InChI is InChI=1S/C19H13N3O2S/c23-18-15-14(13-6-3-9-25-13)12-8-7-10-4-1-2-5-11(10)16(12)20-17(15)21-19(24)22-18/h1-9,14H,(H3,20,21,22,23,24). The van der Waals surface area contributed by atoms with Gasteiger partial charge in [0.1, 0.15) is 5.82 Å². The van der Waals surface area contributed by atoms with Gasteiger partial charge in [0.15, 0.2) is 0 Å². The summed E-state index contributed by atoms with van der Waals surface area (Å²) in [6, 6.07) is 16.2. The molecule has 4 aromatic rings. The number of rotatable bonds is 1. The second-order valence-electron chi connectivity index (χ2n) is 6.02. The molecule has 0 amide bonds. The minimum Gasteiger partial charge on any atom is -0.341 e. The zero-order valence-corrected chi connectivity index (χ0v) is 13.8. The first-order chi connectivity index (χ1) is 12.2. The van der Waals surface area contributed by atoms with Gasteiger partial charge in [0, 0.05) is 10.3 Å². The highest BCUT2D eigenvalue weighted by molar-refractivity contribution is 7.10. The van der Waals surface area contributed by atoms with Crippen LogP contribution >= 0.6 is 11.3 Å². The molecule has 5 rings (SSSR count). The summed E-state index contributed by atoms with van der Waals surface area (Å²) in [5.74, 6) is 0.257. The average Bonchev–Trinajstić information content (AvgIpc) is 3.14. The number of benzene rings is 2. The molecule has 0 aliphatic carbocycles. The summed E-state index contributed by atoms with van der Waals surface area (Å²) < 4.78 is 0. The highest BCUT2D eigenvalue weighted by atomic mass is 32.1. The second-order valence-corrected chi connectivity index (χ2v) is 7.00. The molecule has 0 fully saturated rings. The van der Waals surface area contributed by atoms with E-state index in [2.05, 4.69) is 27.4 Å². The first-order valence-corrected chi connectivity index (χ1v) is 8.79. The van der Waals surface area contributed by atoms with Gasteiger partial charge in [-0.15, -0.1) is 11.3 Å². The minimum atomic E-state index is -0.509. The van der Waals surface area contributed by atoms with Crippen LogP contribution in [0.1, 0.15) is 21.9 Å². The zero-order chi connectivity index (χ0) is 17.0.